The Labute approximate surface area is 202 Å². The number of carbonyl (C=O) groups excluding carboxylic acids is 1. The van der Waals surface area contributed by atoms with Gasteiger partial charge in [-0.25, -0.2) is 0 Å². The van der Waals surface area contributed by atoms with E-state index < -0.39 is 11.2 Å². The quantitative estimate of drug-likeness (QED) is 0.415. The van der Waals surface area contributed by atoms with Crippen molar-refractivity contribution in [1.82, 2.24) is 0 Å². The van der Waals surface area contributed by atoms with E-state index in [4.69, 9.17) is 18.9 Å². The average molecular weight is 482 g/mol. The van der Waals surface area contributed by atoms with Crippen LogP contribution in [0.1, 0.15) is 21.5 Å². The largest absolute Gasteiger partial charge is 0.612 e. The molecule has 34 heavy (non-hydrogen) atoms. The van der Waals surface area contributed by atoms with Crippen LogP contribution in [-0.4, -0.2) is 38.9 Å². The number of ether oxygens (including phenoxy) is 4. The van der Waals surface area contributed by atoms with Crippen LogP contribution >= 0.6 is 0 Å². The number of nitrogens with one attached hydrogen (secondary N) is 1. The maximum absolute atomic E-state index is 12.8. The van der Waals surface area contributed by atoms with Crippen molar-refractivity contribution in [2.45, 2.75) is 5.75 Å². The highest BCUT2D eigenvalue weighted by molar-refractivity contribution is 7.93. The summed E-state index contributed by atoms with van der Waals surface area (Å²) in [5, 5.41) is 4.45. The first-order chi connectivity index (χ1) is 16.5. The van der Waals surface area contributed by atoms with E-state index >= 15 is 0 Å². The van der Waals surface area contributed by atoms with Crippen LogP contribution in [0.15, 0.2) is 66.1 Å². The van der Waals surface area contributed by atoms with Gasteiger partial charge in [0.25, 0.3) is 5.91 Å². The van der Waals surface area contributed by atoms with Gasteiger partial charge in [0.15, 0.2) is 0 Å². The maximum atomic E-state index is 12.8. The van der Waals surface area contributed by atoms with Gasteiger partial charge in [-0.1, -0.05) is 24.3 Å². The summed E-state index contributed by atoms with van der Waals surface area (Å²) in [5.41, 5.74) is 2.47. The summed E-state index contributed by atoms with van der Waals surface area (Å²) in [4.78, 5) is 12.6. The van der Waals surface area contributed by atoms with Crippen molar-refractivity contribution in [3.05, 3.63) is 82.8 Å². The van der Waals surface area contributed by atoms with E-state index in [1.807, 2.05) is 12.1 Å². The van der Waals surface area contributed by atoms with E-state index in [2.05, 4.69) is 5.32 Å². The van der Waals surface area contributed by atoms with E-state index in [9.17, 15) is 9.35 Å². The van der Waals surface area contributed by atoms with Crippen LogP contribution in [-0.2, 0) is 16.9 Å². The van der Waals surface area contributed by atoms with Crippen molar-refractivity contribution in [3.8, 4) is 23.0 Å². The number of benzene rings is 3. The predicted octanol–water partition coefficient (Wildman–Crippen LogP) is 4.89. The van der Waals surface area contributed by atoms with Gasteiger partial charge in [-0.2, -0.15) is 0 Å². The van der Waals surface area contributed by atoms with Gasteiger partial charge in [-0.05, 0) is 35.4 Å². The van der Waals surface area contributed by atoms with Crippen LogP contribution in [0.3, 0.4) is 0 Å². The van der Waals surface area contributed by atoms with Crippen LogP contribution in [0.25, 0.3) is 6.08 Å². The van der Waals surface area contributed by atoms with Crippen LogP contribution < -0.4 is 24.3 Å². The third kappa shape index (κ3) is 6.24. The molecule has 1 unspecified atom stereocenters. The van der Waals surface area contributed by atoms with Crippen molar-refractivity contribution in [3.63, 3.8) is 0 Å². The fourth-order valence-corrected chi connectivity index (χ4v) is 4.17. The molecule has 1 N–H and O–H groups in total. The Morgan fingerprint density at radius 1 is 0.882 bits per heavy atom. The monoisotopic (exact) mass is 481 g/mol. The zero-order valence-electron chi connectivity index (χ0n) is 19.5. The number of hydrogen-bond acceptors (Lipinski definition) is 6. The second-order valence-electron chi connectivity index (χ2n) is 7.13. The van der Waals surface area contributed by atoms with Gasteiger partial charge in [0.05, 0.1) is 39.7 Å². The Morgan fingerprint density at radius 3 is 2.12 bits per heavy atom. The molecule has 0 aliphatic carbocycles. The molecule has 7 nitrogen and oxygen atoms in total. The highest BCUT2D eigenvalue weighted by Gasteiger charge is 2.15. The molecule has 0 aliphatic heterocycles. The molecule has 1 amide bonds. The van der Waals surface area contributed by atoms with Crippen LogP contribution in [0.5, 0.6) is 23.0 Å². The molecule has 3 aromatic rings. The molecular formula is C26H27NO6S. The van der Waals surface area contributed by atoms with Gasteiger partial charge < -0.3 is 28.8 Å². The second kappa shape index (κ2) is 12.0. The van der Waals surface area contributed by atoms with Crippen LogP contribution in [0.4, 0.5) is 5.69 Å². The lowest BCUT2D eigenvalue weighted by Crippen LogP contribution is -2.13. The Bertz CT molecular complexity index is 1120. The lowest BCUT2D eigenvalue weighted by Gasteiger charge is -2.14. The third-order valence-corrected chi connectivity index (χ3v) is 6.05. The first kappa shape index (κ1) is 25.0. The minimum Gasteiger partial charge on any atom is -0.612 e. The summed E-state index contributed by atoms with van der Waals surface area (Å²) in [7, 11) is 6.18. The molecule has 0 radical (unpaired) electrons. The van der Waals surface area contributed by atoms with Crippen LogP contribution in [0, 0.1) is 0 Å². The smallest absolute Gasteiger partial charge is 0.255 e. The van der Waals surface area contributed by atoms with Crippen molar-refractivity contribution in [2.75, 3.05) is 33.8 Å². The fourth-order valence-electron chi connectivity index (χ4n) is 3.28. The van der Waals surface area contributed by atoms with Gasteiger partial charge in [-0.3, -0.25) is 4.79 Å². The van der Waals surface area contributed by atoms with Crippen molar-refractivity contribution in [2.24, 2.45) is 0 Å². The second-order valence-corrected chi connectivity index (χ2v) is 8.45. The minimum absolute atomic E-state index is 0.246. The normalized spacial score (nSPS) is 11.7. The third-order valence-electron chi connectivity index (χ3n) is 5.00. The molecule has 3 aromatic carbocycles. The Balaban J connectivity index is 1.77. The minimum atomic E-state index is -1.34. The summed E-state index contributed by atoms with van der Waals surface area (Å²) >= 11 is -1.34. The lowest BCUT2D eigenvalue weighted by molar-refractivity contribution is 0.102. The zero-order chi connectivity index (χ0) is 24.5. The van der Waals surface area contributed by atoms with E-state index in [-0.39, 0.29) is 11.7 Å². The number of hydrogen-bond donors (Lipinski definition) is 1. The highest BCUT2D eigenvalue weighted by atomic mass is 32.2. The molecule has 8 heteroatoms. The first-order valence-electron chi connectivity index (χ1n) is 10.4. The summed E-state index contributed by atoms with van der Waals surface area (Å²) in [5.74, 6) is 2.18. The molecule has 0 spiro atoms. The van der Waals surface area contributed by atoms with E-state index in [0.717, 1.165) is 5.56 Å². The highest BCUT2D eigenvalue weighted by Crippen LogP contribution is 2.35. The van der Waals surface area contributed by atoms with Gasteiger partial charge in [0.1, 0.15) is 34.2 Å². The van der Waals surface area contributed by atoms with E-state index in [0.29, 0.717) is 39.8 Å². The van der Waals surface area contributed by atoms with Crippen LogP contribution in [0.2, 0.25) is 0 Å². The molecule has 0 saturated carbocycles. The summed E-state index contributed by atoms with van der Waals surface area (Å²) in [6.45, 7) is 0. The van der Waals surface area contributed by atoms with Crippen molar-refractivity contribution in [1.29, 1.82) is 0 Å². The van der Waals surface area contributed by atoms with Gasteiger partial charge in [0.2, 0.25) is 0 Å². The molecule has 3 rings (SSSR count). The van der Waals surface area contributed by atoms with Gasteiger partial charge in [0, 0.05) is 29.3 Å². The number of methoxy groups -OCH3 is 4. The predicted molar refractivity (Wildman–Crippen MR) is 134 cm³/mol. The van der Waals surface area contributed by atoms with E-state index in [1.165, 1.54) is 7.11 Å². The van der Waals surface area contributed by atoms with E-state index in [1.54, 1.807) is 81.3 Å². The number of anilines is 1. The molecule has 0 fully saturated rings. The Hall–Kier alpha value is -3.62. The molecule has 0 aromatic heterocycles. The number of carbonyl (C=O) groups is 1. The summed E-state index contributed by atoms with van der Waals surface area (Å²) in [6, 6.07) is 17.7. The SMILES string of the molecule is COc1cc(OC)c(/C=C/[S+]([O-])Cc2ccc(OC)c(NC(=O)c3ccccc3)c2)c(OC)c1. The molecule has 0 bridgehead atoms. The topological polar surface area (TPSA) is 89.1 Å². The van der Waals surface area contributed by atoms with Crippen molar-refractivity contribution >= 4 is 28.8 Å². The summed E-state index contributed by atoms with van der Waals surface area (Å²) in [6.07, 6.45) is 1.70. The number of amides is 1. The molecule has 0 heterocycles. The maximum Gasteiger partial charge on any atom is 0.255 e. The molecule has 0 aliphatic rings. The standard InChI is InChI=1S/C26H27NO6S/c1-30-20-15-24(32-3)21(25(16-20)33-4)12-13-34(29)17-18-10-11-23(31-2)22(14-18)27-26(28)19-8-6-5-7-9-19/h5-16H,17H2,1-4H3,(H,27,28)/b13-12+. The fraction of sp³-hybridized carbons (Fsp3) is 0.192. The van der Waals surface area contributed by atoms with Crippen molar-refractivity contribution < 1.29 is 28.3 Å². The zero-order valence-corrected chi connectivity index (χ0v) is 20.3. The van der Waals surface area contributed by atoms with Gasteiger partial charge >= 0.3 is 0 Å². The average Bonchev–Trinajstić information content (AvgIpc) is 2.87. The Kier molecular flexibility index (Phi) is 8.84. The lowest BCUT2D eigenvalue weighted by atomic mass is 10.1. The number of rotatable bonds is 10. The summed E-state index contributed by atoms with van der Waals surface area (Å²) < 4.78 is 34.3. The molecule has 0 saturated heterocycles. The van der Waals surface area contributed by atoms with Gasteiger partial charge in [-0.15, -0.1) is 0 Å². The molecule has 1 atom stereocenters. The molecular weight excluding hydrogens is 454 g/mol. The Morgan fingerprint density at radius 2 is 1.53 bits per heavy atom. The molecule has 178 valence electrons. The first-order valence-corrected chi connectivity index (χ1v) is 11.8.